The molecule has 0 aliphatic heterocycles. The first-order valence-electron chi connectivity index (χ1n) is 3.97. The Bertz CT molecular complexity index is 281. The number of ketones is 1. The van der Waals surface area contributed by atoms with Crippen molar-refractivity contribution in [2.45, 2.75) is 6.42 Å². The molecule has 0 radical (unpaired) electrons. The molecule has 0 fully saturated rings. The fourth-order valence-corrected chi connectivity index (χ4v) is 1.83. The number of rotatable bonds is 4. The maximum Gasteiger partial charge on any atom is 0.147 e. The molecule has 1 aromatic carbocycles. The van der Waals surface area contributed by atoms with Crippen LogP contribution >= 0.6 is 34.4 Å². The predicted octanol–water partition coefficient (Wildman–Crippen LogP) is 2.77. The number of Topliss-reactive ketones (excluding diaryl/α,β-unsaturated/α-hetero) is 1. The molecule has 0 unspecified atom stereocenters. The van der Waals surface area contributed by atoms with Crippen molar-refractivity contribution in [1.29, 1.82) is 0 Å². The topological polar surface area (TPSA) is 17.1 Å². The maximum absolute atomic E-state index is 11.3. The van der Waals surface area contributed by atoms with Crippen molar-refractivity contribution in [1.82, 2.24) is 0 Å². The number of hydrogen-bond acceptors (Lipinski definition) is 2. The van der Waals surface area contributed by atoms with Gasteiger partial charge in [-0.3, -0.25) is 4.79 Å². The summed E-state index contributed by atoms with van der Waals surface area (Å²) in [6.45, 7) is 0. The summed E-state index contributed by atoms with van der Waals surface area (Å²) in [6, 6.07) is 8.09. The lowest BCUT2D eigenvalue weighted by Crippen LogP contribution is -2.04. The van der Waals surface area contributed by atoms with Crippen LogP contribution in [-0.2, 0) is 11.2 Å². The molecule has 0 saturated heterocycles. The van der Waals surface area contributed by atoms with E-state index in [0.29, 0.717) is 18.0 Å². The SMILES string of the molecule is CSCC(=O)Cc1ccc(I)cc1. The molecule has 1 aromatic rings. The molecule has 0 spiro atoms. The van der Waals surface area contributed by atoms with Crippen LogP contribution in [0.2, 0.25) is 0 Å². The van der Waals surface area contributed by atoms with E-state index in [1.807, 2.05) is 30.5 Å². The Morgan fingerprint density at radius 3 is 2.54 bits per heavy atom. The molecular formula is C10H11IOS. The van der Waals surface area contributed by atoms with Gasteiger partial charge in [0, 0.05) is 9.99 Å². The highest BCUT2D eigenvalue weighted by Gasteiger charge is 2.01. The molecule has 3 heteroatoms. The second-order valence-corrected chi connectivity index (χ2v) is 4.89. The van der Waals surface area contributed by atoms with Crippen LogP contribution in [0.4, 0.5) is 0 Å². The number of halogens is 1. The summed E-state index contributed by atoms with van der Waals surface area (Å²) < 4.78 is 1.21. The highest BCUT2D eigenvalue weighted by atomic mass is 127. The van der Waals surface area contributed by atoms with Crippen molar-refractivity contribution in [3.63, 3.8) is 0 Å². The average molecular weight is 306 g/mol. The summed E-state index contributed by atoms with van der Waals surface area (Å²) in [4.78, 5) is 11.3. The van der Waals surface area contributed by atoms with E-state index in [9.17, 15) is 4.79 Å². The summed E-state index contributed by atoms with van der Waals surface area (Å²) in [5.41, 5.74) is 1.11. The van der Waals surface area contributed by atoms with Crippen LogP contribution < -0.4 is 0 Å². The fraction of sp³-hybridized carbons (Fsp3) is 0.300. The van der Waals surface area contributed by atoms with Crippen LogP contribution in [0, 0.1) is 3.57 Å². The van der Waals surface area contributed by atoms with Crippen molar-refractivity contribution in [3.05, 3.63) is 33.4 Å². The second kappa shape index (κ2) is 5.65. The predicted molar refractivity (Wildman–Crippen MR) is 66.3 cm³/mol. The van der Waals surface area contributed by atoms with Crippen molar-refractivity contribution in [2.75, 3.05) is 12.0 Å². The molecule has 70 valence electrons. The minimum Gasteiger partial charge on any atom is -0.298 e. The third-order valence-corrected chi connectivity index (χ3v) is 2.95. The number of thioether (sulfide) groups is 1. The molecule has 0 saturated carbocycles. The largest absolute Gasteiger partial charge is 0.298 e. The lowest BCUT2D eigenvalue weighted by Gasteiger charge is -1.99. The Morgan fingerprint density at radius 2 is 2.00 bits per heavy atom. The van der Waals surface area contributed by atoms with Crippen LogP contribution in [0.3, 0.4) is 0 Å². The van der Waals surface area contributed by atoms with E-state index < -0.39 is 0 Å². The van der Waals surface area contributed by atoms with E-state index in [-0.39, 0.29) is 0 Å². The summed E-state index contributed by atoms with van der Waals surface area (Å²) in [7, 11) is 0. The van der Waals surface area contributed by atoms with Gasteiger partial charge in [0.05, 0.1) is 5.75 Å². The number of hydrogen-bond donors (Lipinski definition) is 0. The first-order chi connectivity index (χ1) is 6.22. The van der Waals surface area contributed by atoms with Crippen molar-refractivity contribution in [2.24, 2.45) is 0 Å². The quantitative estimate of drug-likeness (QED) is 0.796. The normalized spacial score (nSPS) is 10.0. The lowest BCUT2D eigenvalue weighted by atomic mass is 10.1. The molecular weight excluding hydrogens is 295 g/mol. The zero-order valence-corrected chi connectivity index (χ0v) is 10.4. The van der Waals surface area contributed by atoms with Gasteiger partial charge in [-0.25, -0.2) is 0 Å². The molecule has 0 heterocycles. The van der Waals surface area contributed by atoms with E-state index >= 15 is 0 Å². The van der Waals surface area contributed by atoms with Gasteiger partial charge in [0.25, 0.3) is 0 Å². The Balaban J connectivity index is 2.54. The molecule has 13 heavy (non-hydrogen) atoms. The Labute approximate surface area is 96.4 Å². The number of carbonyl (C=O) groups excluding carboxylic acids is 1. The van der Waals surface area contributed by atoms with E-state index in [4.69, 9.17) is 0 Å². The van der Waals surface area contributed by atoms with Crippen molar-refractivity contribution >= 4 is 40.1 Å². The van der Waals surface area contributed by atoms with E-state index in [1.165, 1.54) is 3.57 Å². The summed E-state index contributed by atoms with van der Waals surface area (Å²) >= 11 is 3.84. The molecule has 0 N–H and O–H groups in total. The van der Waals surface area contributed by atoms with Crippen LogP contribution in [0.5, 0.6) is 0 Å². The summed E-state index contributed by atoms with van der Waals surface area (Å²) in [5.74, 6) is 0.917. The van der Waals surface area contributed by atoms with Gasteiger partial charge < -0.3 is 0 Å². The molecule has 0 amide bonds. The Morgan fingerprint density at radius 1 is 1.38 bits per heavy atom. The molecule has 0 aliphatic rings. The minimum absolute atomic E-state index is 0.300. The third kappa shape index (κ3) is 4.13. The highest BCUT2D eigenvalue weighted by Crippen LogP contribution is 2.08. The zero-order chi connectivity index (χ0) is 9.68. The fourth-order valence-electron chi connectivity index (χ4n) is 1.04. The first kappa shape index (κ1) is 11.0. The van der Waals surface area contributed by atoms with E-state index in [1.54, 1.807) is 11.8 Å². The molecule has 0 bridgehead atoms. The van der Waals surface area contributed by atoms with Gasteiger partial charge in [0.2, 0.25) is 0 Å². The molecule has 0 aliphatic carbocycles. The minimum atomic E-state index is 0.300. The van der Waals surface area contributed by atoms with Gasteiger partial charge >= 0.3 is 0 Å². The van der Waals surface area contributed by atoms with Crippen molar-refractivity contribution < 1.29 is 4.79 Å². The van der Waals surface area contributed by atoms with Crippen molar-refractivity contribution in [3.8, 4) is 0 Å². The third-order valence-electron chi connectivity index (χ3n) is 1.62. The van der Waals surface area contributed by atoms with Gasteiger partial charge in [-0.1, -0.05) is 12.1 Å². The molecule has 0 atom stereocenters. The lowest BCUT2D eigenvalue weighted by molar-refractivity contribution is -0.115. The highest BCUT2D eigenvalue weighted by molar-refractivity contribution is 14.1. The molecule has 1 nitrogen and oxygen atoms in total. The molecule has 1 rings (SSSR count). The standard InChI is InChI=1S/C10H11IOS/c1-13-7-10(12)6-8-2-4-9(11)5-3-8/h2-5H,6-7H2,1H3. The monoisotopic (exact) mass is 306 g/mol. The van der Waals surface area contributed by atoms with Crippen LogP contribution in [-0.4, -0.2) is 17.8 Å². The summed E-state index contributed by atoms with van der Waals surface area (Å²) in [5, 5.41) is 0. The second-order valence-electron chi connectivity index (χ2n) is 2.77. The Hall–Kier alpha value is -0.0300. The Kier molecular flexibility index (Phi) is 4.80. The van der Waals surface area contributed by atoms with Gasteiger partial charge in [-0.05, 0) is 46.5 Å². The number of benzene rings is 1. The van der Waals surface area contributed by atoms with E-state index in [2.05, 4.69) is 22.6 Å². The maximum atomic E-state index is 11.3. The first-order valence-corrected chi connectivity index (χ1v) is 6.44. The zero-order valence-electron chi connectivity index (χ0n) is 7.42. The smallest absolute Gasteiger partial charge is 0.147 e. The van der Waals surface area contributed by atoms with Crippen LogP contribution in [0.25, 0.3) is 0 Å². The molecule has 0 aromatic heterocycles. The van der Waals surface area contributed by atoms with Gasteiger partial charge in [0.1, 0.15) is 5.78 Å². The van der Waals surface area contributed by atoms with Crippen LogP contribution in [0.15, 0.2) is 24.3 Å². The van der Waals surface area contributed by atoms with Gasteiger partial charge in [0.15, 0.2) is 0 Å². The van der Waals surface area contributed by atoms with Crippen LogP contribution in [0.1, 0.15) is 5.56 Å². The van der Waals surface area contributed by atoms with Gasteiger partial charge in [-0.15, -0.1) is 0 Å². The number of carbonyl (C=O) groups is 1. The summed E-state index contributed by atoms with van der Waals surface area (Å²) in [6.07, 6.45) is 2.52. The average Bonchev–Trinajstić information content (AvgIpc) is 2.09. The van der Waals surface area contributed by atoms with E-state index in [0.717, 1.165) is 5.56 Å². The van der Waals surface area contributed by atoms with Gasteiger partial charge in [-0.2, -0.15) is 11.8 Å².